The smallest absolute Gasteiger partial charge is 0.168 e. The van der Waals surface area contributed by atoms with E-state index in [2.05, 4.69) is 5.32 Å². The molecule has 1 unspecified atom stereocenters. The fraction of sp³-hybridized carbons (Fsp3) is 0.625. The number of methoxy groups -OCH3 is 1. The van der Waals surface area contributed by atoms with Gasteiger partial charge < -0.3 is 19.5 Å². The van der Waals surface area contributed by atoms with Gasteiger partial charge in [-0.05, 0) is 19.4 Å². The molecule has 0 spiro atoms. The zero-order valence-corrected chi connectivity index (χ0v) is 12.0. The van der Waals surface area contributed by atoms with E-state index in [0.717, 1.165) is 56.4 Å². The molecule has 0 radical (unpaired) electrons. The monoisotopic (exact) mass is 275 g/mol. The average molecular weight is 275 g/mol. The van der Waals surface area contributed by atoms with Gasteiger partial charge in [0.25, 0.3) is 0 Å². The molecule has 3 aliphatic heterocycles. The third-order valence-electron chi connectivity index (χ3n) is 4.70. The second-order valence-electron chi connectivity index (χ2n) is 5.80. The first kappa shape index (κ1) is 12.3. The number of ether oxygens (including phenoxy) is 3. The van der Waals surface area contributed by atoms with E-state index in [-0.39, 0.29) is 0 Å². The molecular formula is C16H21NO3. The van der Waals surface area contributed by atoms with Crippen molar-refractivity contribution in [2.75, 3.05) is 33.4 Å². The van der Waals surface area contributed by atoms with Crippen LogP contribution in [-0.2, 0) is 12.8 Å². The summed E-state index contributed by atoms with van der Waals surface area (Å²) in [5.41, 5.74) is 3.95. The molecule has 1 saturated heterocycles. The summed E-state index contributed by atoms with van der Waals surface area (Å²) in [5, 5.41) is 3.52. The number of fused-ring (bicyclic) bond motifs is 2. The summed E-state index contributed by atoms with van der Waals surface area (Å²) in [5.74, 6) is 3.55. The Bertz CT molecular complexity index is 500. The Hall–Kier alpha value is -1.42. The van der Waals surface area contributed by atoms with Crippen molar-refractivity contribution in [2.24, 2.45) is 0 Å². The van der Waals surface area contributed by atoms with Crippen molar-refractivity contribution in [2.45, 2.75) is 31.6 Å². The van der Waals surface area contributed by atoms with Gasteiger partial charge in [-0.1, -0.05) is 0 Å². The minimum absolute atomic E-state index is 0.553. The molecule has 1 aromatic carbocycles. The Balaban J connectivity index is 1.89. The SMILES string of the molecule is COc1c2c(c(C3CCCNC3)c3c1OCC3)OCC2. The second-order valence-corrected chi connectivity index (χ2v) is 5.80. The van der Waals surface area contributed by atoms with Crippen LogP contribution in [-0.4, -0.2) is 33.4 Å². The van der Waals surface area contributed by atoms with Crippen molar-refractivity contribution >= 4 is 0 Å². The first-order chi connectivity index (χ1) is 9.90. The molecule has 3 aliphatic rings. The van der Waals surface area contributed by atoms with Gasteiger partial charge in [0.05, 0.1) is 20.3 Å². The maximum Gasteiger partial charge on any atom is 0.168 e. The van der Waals surface area contributed by atoms with Crippen molar-refractivity contribution in [1.82, 2.24) is 5.32 Å². The van der Waals surface area contributed by atoms with Crippen LogP contribution in [0.25, 0.3) is 0 Å². The van der Waals surface area contributed by atoms with E-state index in [1.54, 1.807) is 7.11 Å². The molecule has 108 valence electrons. The predicted molar refractivity (Wildman–Crippen MR) is 76.2 cm³/mol. The Labute approximate surface area is 119 Å². The van der Waals surface area contributed by atoms with Crippen molar-refractivity contribution in [3.8, 4) is 17.2 Å². The van der Waals surface area contributed by atoms with Gasteiger partial charge in [-0.15, -0.1) is 0 Å². The normalized spacial score (nSPS) is 23.8. The molecule has 1 N–H and O–H groups in total. The number of rotatable bonds is 2. The van der Waals surface area contributed by atoms with Crippen LogP contribution in [0.2, 0.25) is 0 Å². The molecule has 4 rings (SSSR count). The minimum atomic E-state index is 0.553. The lowest BCUT2D eigenvalue weighted by molar-refractivity contribution is 0.324. The molecular weight excluding hydrogens is 254 g/mol. The summed E-state index contributed by atoms with van der Waals surface area (Å²) >= 11 is 0. The molecule has 1 atom stereocenters. The van der Waals surface area contributed by atoms with E-state index in [4.69, 9.17) is 14.2 Å². The first-order valence-corrected chi connectivity index (χ1v) is 7.62. The van der Waals surface area contributed by atoms with Gasteiger partial charge in [-0.2, -0.15) is 0 Å². The third kappa shape index (κ3) is 1.71. The maximum atomic E-state index is 5.99. The Morgan fingerprint density at radius 3 is 2.65 bits per heavy atom. The lowest BCUT2D eigenvalue weighted by Gasteiger charge is -2.27. The van der Waals surface area contributed by atoms with E-state index in [1.165, 1.54) is 29.5 Å². The highest BCUT2D eigenvalue weighted by molar-refractivity contribution is 5.66. The summed E-state index contributed by atoms with van der Waals surface area (Å²) in [7, 11) is 1.73. The number of nitrogens with one attached hydrogen (secondary N) is 1. The molecule has 4 heteroatoms. The van der Waals surface area contributed by atoms with Gasteiger partial charge in [0, 0.05) is 42.0 Å². The topological polar surface area (TPSA) is 39.7 Å². The molecule has 0 aliphatic carbocycles. The molecule has 0 amide bonds. The largest absolute Gasteiger partial charge is 0.492 e. The molecule has 3 heterocycles. The zero-order valence-electron chi connectivity index (χ0n) is 12.0. The number of benzene rings is 1. The molecule has 20 heavy (non-hydrogen) atoms. The number of hydrogen-bond acceptors (Lipinski definition) is 4. The second kappa shape index (κ2) is 4.85. The van der Waals surface area contributed by atoms with E-state index in [9.17, 15) is 0 Å². The van der Waals surface area contributed by atoms with Crippen molar-refractivity contribution in [3.05, 3.63) is 16.7 Å². The molecule has 4 nitrogen and oxygen atoms in total. The van der Waals surface area contributed by atoms with Crippen LogP contribution in [0.5, 0.6) is 17.2 Å². The van der Waals surface area contributed by atoms with Gasteiger partial charge in [-0.25, -0.2) is 0 Å². The predicted octanol–water partition coefficient (Wildman–Crippen LogP) is 2.03. The minimum Gasteiger partial charge on any atom is -0.492 e. The van der Waals surface area contributed by atoms with E-state index in [0.29, 0.717) is 5.92 Å². The highest BCUT2D eigenvalue weighted by Crippen LogP contribution is 2.51. The van der Waals surface area contributed by atoms with Crippen LogP contribution in [0.3, 0.4) is 0 Å². The van der Waals surface area contributed by atoms with E-state index in [1.807, 2.05) is 0 Å². The fourth-order valence-corrected chi connectivity index (χ4v) is 3.85. The van der Waals surface area contributed by atoms with Crippen molar-refractivity contribution < 1.29 is 14.2 Å². The van der Waals surface area contributed by atoms with Crippen LogP contribution in [0.15, 0.2) is 0 Å². The third-order valence-corrected chi connectivity index (χ3v) is 4.70. The highest BCUT2D eigenvalue weighted by Gasteiger charge is 2.35. The quantitative estimate of drug-likeness (QED) is 0.896. The highest BCUT2D eigenvalue weighted by atomic mass is 16.5. The zero-order chi connectivity index (χ0) is 13.5. The molecule has 0 bridgehead atoms. The van der Waals surface area contributed by atoms with E-state index >= 15 is 0 Å². The molecule has 1 fully saturated rings. The Morgan fingerprint density at radius 1 is 1.10 bits per heavy atom. The van der Waals surface area contributed by atoms with Crippen LogP contribution >= 0.6 is 0 Å². The lowest BCUT2D eigenvalue weighted by Crippen LogP contribution is -2.29. The van der Waals surface area contributed by atoms with Gasteiger partial charge in [0.1, 0.15) is 5.75 Å². The lowest BCUT2D eigenvalue weighted by atomic mass is 9.85. The van der Waals surface area contributed by atoms with Crippen molar-refractivity contribution in [3.63, 3.8) is 0 Å². The van der Waals surface area contributed by atoms with Gasteiger partial charge in [0.2, 0.25) is 0 Å². The van der Waals surface area contributed by atoms with Crippen LogP contribution in [0, 0.1) is 0 Å². The Morgan fingerprint density at radius 2 is 1.90 bits per heavy atom. The summed E-state index contributed by atoms with van der Waals surface area (Å²) in [6, 6.07) is 0. The number of hydrogen-bond donors (Lipinski definition) is 1. The van der Waals surface area contributed by atoms with Gasteiger partial charge in [-0.3, -0.25) is 0 Å². The molecule has 0 saturated carbocycles. The van der Waals surface area contributed by atoms with Gasteiger partial charge in [0.15, 0.2) is 11.5 Å². The maximum absolute atomic E-state index is 5.99. The van der Waals surface area contributed by atoms with Crippen molar-refractivity contribution in [1.29, 1.82) is 0 Å². The molecule has 0 aromatic heterocycles. The Kier molecular flexibility index (Phi) is 2.99. The van der Waals surface area contributed by atoms with Gasteiger partial charge >= 0.3 is 0 Å². The summed E-state index contributed by atoms with van der Waals surface area (Å²) < 4.78 is 17.5. The van der Waals surface area contributed by atoms with E-state index < -0.39 is 0 Å². The summed E-state index contributed by atoms with van der Waals surface area (Å²) in [6.07, 6.45) is 4.39. The standard InChI is InChI=1S/C16H21NO3/c1-18-15-12-5-8-19-14(12)13(10-3-2-6-17-9-10)11-4-7-20-16(11)15/h10,17H,2-9H2,1H3. The van der Waals surface area contributed by atoms with Crippen LogP contribution in [0.1, 0.15) is 35.4 Å². The number of piperidine rings is 1. The summed E-state index contributed by atoms with van der Waals surface area (Å²) in [4.78, 5) is 0. The average Bonchev–Trinajstić information content (AvgIpc) is 3.14. The van der Waals surface area contributed by atoms with Crippen LogP contribution < -0.4 is 19.5 Å². The fourth-order valence-electron chi connectivity index (χ4n) is 3.85. The molecule has 1 aromatic rings. The van der Waals surface area contributed by atoms with Crippen LogP contribution in [0.4, 0.5) is 0 Å². The summed E-state index contributed by atoms with van der Waals surface area (Å²) in [6.45, 7) is 3.71. The first-order valence-electron chi connectivity index (χ1n) is 7.62.